The number of fused-ring (bicyclic) bond motifs is 1. The Balaban J connectivity index is 1.67. The molecule has 174 valence electrons. The molecule has 0 atom stereocenters. The van der Waals surface area contributed by atoms with Crippen molar-refractivity contribution in [1.29, 1.82) is 0 Å². The predicted molar refractivity (Wildman–Crippen MR) is 145 cm³/mol. The number of anilines is 1. The Hall–Kier alpha value is -2.53. The second-order valence-electron chi connectivity index (χ2n) is 7.93. The molecule has 0 radical (unpaired) electrons. The first-order valence-electron chi connectivity index (χ1n) is 11.7. The average molecular weight is 461 g/mol. The zero-order valence-corrected chi connectivity index (χ0v) is 20.6. The van der Waals surface area contributed by atoms with Gasteiger partial charge in [-0.25, -0.2) is 0 Å². The van der Waals surface area contributed by atoms with Crippen LogP contribution in [0.3, 0.4) is 0 Å². The second-order valence-corrected chi connectivity index (χ2v) is 9.02. The van der Waals surface area contributed by atoms with E-state index in [9.17, 15) is 0 Å². The lowest BCUT2D eigenvalue weighted by atomic mass is 9.99. The Morgan fingerprint density at radius 3 is 2.58 bits per heavy atom. The predicted octanol–water partition coefficient (Wildman–Crippen LogP) is 5.09. The van der Waals surface area contributed by atoms with Crippen LogP contribution in [0.2, 0.25) is 0 Å². The highest BCUT2D eigenvalue weighted by Gasteiger charge is 2.16. The van der Waals surface area contributed by atoms with Gasteiger partial charge in [-0.2, -0.15) is 0 Å². The van der Waals surface area contributed by atoms with Gasteiger partial charge >= 0.3 is 0 Å². The van der Waals surface area contributed by atoms with Crippen LogP contribution in [-0.2, 0) is 0 Å². The molecule has 0 fully saturated rings. The van der Waals surface area contributed by atoms with Gasteiger partial charge in [-0.1, -0.05) is 48.2 Å². The molecule has 3 rings (SSSR count). The highest BCUT2D eigenvalue weighted by Crippen LogP contribution is 2.36. The summed E-state index contributed by atoms with van der Waals surface area (Å²) in [5.41, 5.74) is 13.9. The van der Waals surface area contributed by atoms with Crippen LogP contribution in [0.15, 0.2) is 88.5 Å². The topological polar surface area (TPSA) is 53.3 Å². The second kappa shape index (κ2) is 13.9. The molecule has 0 bridgehead atoms. The van der Waals surface area contributed by atoms with Crippen LogP contribution >= 0.6 is 11.8 Å². The fourth-order valence-electron chi connectivity index (χ4n) is 3.71. The van der Waals surface area contributed by atoms with E-state index in [2.05, 4.69) is 95.1 Å². The summed E-state index contributed by atoms with van der Waals surface area (Å²) in [6.07, 6.45) is 9.76. The van der Waals surface area contributed by atoms with Gasteiger partial charge in [0.15, 0.2) is 0 Å². The summed E-state index contributed by atoms with van der Waals surface area (Å²) in [5, 5.41) is 6.81. The van der Waals surface area contributed by atoms with Crippen LogP contribution in [-0.4, -0.2) is 39.3 Å². The van der Waals surface area contributed by atoms with E-state index >= 15 is 0 Å². The van der Waals surface area contributed by atoms with Gasteiger partial charge in [0.1, 0.15) is 0 Å². The summed E-state index contributed by atoms with van der Waals surface area (Å²) < 4.78 is 0. The summed E-state index contributed by atoms with van der Waals surface area (Å²) in [6, 6.07) is 17.2. The van der Waals surface area contributed by atoms with Crippen LogP contribution in [0.5, 0.6) is 0 Å². The lowest BCUT2D eigenvalue weighted by Gasteiger charge is -2.28. The van der Waals surface area contributed by atoms with Crippen molar-refractivity contribution in [2.75, 3.05) is 44.2 Å². The van der Waals surface area contributed by atoms with E-state index < -0.39 is 0 Å². The molecule has 0 saturated carbocycles. The first-order valence-corrected chi connectivity index (χ1v) is 12.6. The van der Waals surface area contributed by atoms with Crippen LogP contribution in [0, 0.1) is 6.92 Å². The number of benzene rings is 2. The molecule has 0 unspecified atom stereocenters. The van der Waals surface area contributed by atoms with E-state index in [1.165, 1.54) is 27.3 Å². The normalized spacial score (nSPS) is 13.7. The van der Waals surface area contributed by atoms with Crippen LogP contribution in [0.25, 0.3) is 5.57 Å². The molecular formula is C28H36N4S. The lowest BCUT2D eigenvalue weighted by molar-refractivity contribution is 0.600. The summed E-state index contributed by atoms with van der Waals surface area (Å²) in [6.45, 7) is 9.65. The summed E-state index contributed by atoms with van der Waals surface area (Å²) >= 11 is 1.77. The number of aryl methyl sites for hydroxylation is 1. The lowest BCUT2D eigenvalue weighted by Crippen LogP contribution is -2.32. The summed E-state index contributed by atoms with van der Waals surface area (Å²) in [5.74, 6) is 0. The number of nitrogens with two attached hydrogens (primary N) is 1. The SMILES string of the molecule is CC=C=C(/C=C1\C=CN(CCCNCCNCCN)c2ccccc21)Sc1ccccc1C. The van der Waals surface area contributed by atoms with Gasteiger partial charge in [0, 0.05) is 55.1 Å². The molecule has 0 aliphatic carbocycles. The molecule has 4 nitrogen and oxygen atoms in total. The van der Waals surface area contributed by atoms with E-state index in [1.54, 1.807) is 11.8 Å². The maximum atomic E-state index is 5.50. The molecule has 4 N–H and O–H groups in total. The molecule has 5 heteroatoms. The number of thioether (sulfide) groups is 1. The number of rotatable bonds is 12. The van der Waals surface area contributed by atoms with Crippen LogP contribution < -0.4 is 21.3 Å². The van der Waals surface area contributed by atoms with Crippen molar-refractivity contribution in [2.45, 2.75) is 25.2 Å². The Kier molecular flexibility index (Phi) is 10.6. The molecule has 0 amide bonds. The fourth-order valence-corrected chi connectivity index (χ4v) is 4.68. The monoisotopic (exact) mass is 460 g/mol. The van der Waals surface area contributed by atoms with Gasteiger partial charge in [-0.05, 0) is 68.3 Å². The van der Waals surface area contributed by atoms with Crippen LogP contribution in [0.4, 0.5) is 5.69 Å². The van der Waals surface area contributed by atoms with Crippen molar-refractivity contribution in [2.24, 2.45) is 5.73 Å². The van der Waals surface area contributed by atoms with Crippen molar-refractivity contribution in [3.05, 3.63) is 94.7 Å². The third-order valence-corrected chi connectivity index (χ3v) is 6.53. The molecule has 2 aromatic carbocycles. The van der Waals surface area contributed by atoms with Crippen molar-refractivity contribution >= 4 is 23.0 Å². The Morgan fingerprint density at radius 1 is 1.03 bits per heavy atom. The first-order chi connectivity index (χ1) is 16.2. The van der Waals surface area contributed by atoms with E-state index in [1.807, 2.05) is 13.0 Å². The number of hydrogen-bond acceptors (Lipinski definition) is 5. The molecule has 1 aliphatic rings. The Morgan fingerprint density at radius 2 is 1.79 bits per heavy atom. The summed E-state index contributed by atoms with van der Waals surface area (Å²) in [4.78, 5) is 4.73. The van der Waals surface area contributed by atoms with E-state index in [0.717, 1.165) is 44.0 Å². The number of para-hydroxylation sites is 1. The Labute approximate surface area is 203 Å². The maximum Gasteiger partial charge on any atom is 0.0543 e. The van der Waals surface area contributed by atoms with Crippen molar-refractivity contribution in [3.63, 3.8) is 0 Å². The highest BCUT2D eigenvalue weighted by atomic mass is 32.2. The largest absolute Gasteiger partial charge is 0.347 e. The minimum absolute atomic E-state index is 0.688. The molecule has 33 heavy (non-hydrogen) atoms. The van der Waals surface area contributed by atoms with Crippen LogP contribution in [0.1, 0.15) is 24.5 Å². The average Bonchev–Trinajstić information content (AvgIpc) is 2.83. The van der Waals surface area contributed by atoms with Gasteiger partial charge < -0.3 is 21.3 Å². The number of nitrogens with zero attached hydrogens (tertiary/aromatic N) is 1. The van der Waals surface area contributed by atoms with Gasteiger partial charge in [-0.15, -0.1) is 5.73 Å². The summed E-state index contributed by atoms with van der Waals surface area (Å²) in [7, 11) is 0. The van der Waals surface area contributed by atoms with Crippen molar-refractivity contribution in [3.8, 4) is 0 Å². The zero-order chi connectivity index (χ0) is 23.3. The quantitative estimate of drug-likeness (QED) is 0.234. The molecule has 2 aromatic rings. The van der Waals surface area contributed by atoms with E-state index in [-0.39, 0.29) is 0 Å². The van der Waals surface area contributed by atoms with Gasteiger partial charge in [-0.3, -0.25) is 0 Å². The molecule has 1 heterocycles. The van der Waals surface area contributed by atoms with Crippen molar-refractivity contribution < 1.29 is 0 Å². The smallest absolute Gasteiger partial charge is 0.0543 e. The van der Waals surface area contributed by atoms with Gasteiger partial charge in [0.05, 0.1) is 4.91 Å². The zero-order valence-electron chi connectivity index (χ0n) is 19.8. The van der Waals surface area contributed by atoms with Crippen molar-refractivity contribution in [1.82, 2.24) is 10.6 Å². The minimum Gasteiger partial charge on any atom is -0.347 e. The highest BCUT2D eigenvalue weighted by molar-refractivity contribution is 8.03. The third-order valence-electron chi connectivity index (χ3n) is 5.40. The van der Waals surface area contributed by atoms with E-state index in [0.29, 0.717) is 6.54 Å². The molecule has 0 aromatic heterocycles. The first kappa shape index (κ1) is 25.1. The number of hydrogen-bond donors (Lipinski definition) is 3. The fraction of sp³-hybridized carbons (Fsp3) is 0.321. The molecule has 0 spiro atoms. The molecule has 1 aliphatic heterocycles. The standard InChI is InChI=1S/C28H36N4S/c1-3-9-25(33-28-13-7-4-10-23(28)2)22-24-14-21-32(27-12-6-5-11-26(24)27)20-8-16-30-18-19-31-17-15-29/h3-7,10-14,21-22,30-31H,8,15-20,29H2,1-2H3/b24-22+. The maximum absolute atomic E-state index is 5.50. The van der Waals surface area contributed by atoms with Gasteiger partial charge in [0.25, 0.3) is 0 Å². The Bertz CT molecular complexity index is 1020. The molecule has 0 saturated heterocycles. The minimum atomic E-state index is 0.688. The van der Waals surface area contributed by atoms with Gasteiger partial charge in [0.2, 0.25) is 0 Å². The third kappa shape index (κ3) is 7.78. The van der Waals surface area contributed by atoms with E-state index in [4.69, 9.17) is 5.73 Å². The molecular weight excluding hydrogens is 424 g/mol. The number of nitrogens with one attached hydrogen (secondary N) is 2. The number of allylic oxidation sites excluding steroid dienone is 3.